The molecule has 0 bridgehead atoms. The zero-order valence-electron chi connectivity index (χ0n) is 15.4. The number of phenolic OH excluding ortho intramolecular Hbond substituents is 1. The van der Waals surface area contributed by atoms with E-state index in [9.17, 15) is 19.6 Å². The number of halogens is 1. The van der Waals surface area contributed by atoms with E-state index in [-0.39, 0.29) is 39.9 Å². The Morgan fingerprint density at radius 2 is 2.07 bits per heavy atom. The van der Waals surface area contributed by atoms with Crippen LogP contribution in [0.3, 0.4) is 0 Å². The number of hydrogen-bond acceptors (Lipinski definition) is 5. The molecule has 0 saturated heterocycles. The zero-order chi connectivity index (χ0) is 20.3. The highest BCUT2D eigenvalue weighted by molar-refractivity contribution is 6.12. The molecule has 0 spiro atoms. The number of aromatic nitrogens is 2. The van der Waals surface area contributed by atoms with Crippen molar-refractivity contribution in [1.29, 1.82) is 5.26 Å². The lowest BCUT2D eigenvalue weighted by atomic mass is 10.0. The molecule has 0 atom stereocenters. The summed E-state index contributed by atoms with van der Waals surface area (Å²) in [5.74, 6) is -1.51. The molecule has 1 saturated carbocycles. The van der Waals surface area contributed by atoms with Crippen molar-refractivity contribution in [2.75, 3.05) is 5.73 Å². The lowest BCUT2D eigenvalue weighted by molar-refractivity contribution is 0.100. The molecule has 0 unspecified atom stereocenters. The molecule has 2 aromatic heterocycles. The van der Waals surface area contributed by atoms with E-state index >= 15 is 0 Å². The van der Waals surface area contributed by atoms with Crippen LogP contribution in [0.5, 0.6) is 5.75 Å². The highest BCUT2D eigenvalue weighted by Gasteiger charge is 2.32. The molecule has 3 aromatic rings. The minimum atomic E-state index is -0.776. The summed E-state index contributed by atoms with van der Waals surface area (Å²) < 4.78 is 15.9. The Bertz CT molecular complexity index is 1190. The molecule has 142 valence electrons. The van der Waals surface area contributed by atoms with Gasteiger partial charge in [0.2, 0.25) is 0 Å². The second-order valence-corrected chi connectivity index (χ2v) is 7.10. The maximum atomic E-state index is 14.4. The summed E-state index contributed by atoms with van der Waals surface area (Å²) in [5, 5.41) is 20.4. The van der Waals surface area contributed by atoms with Gasteiger partial charge in [-0.1, -0.05) is 0 Å². The lowest BCUT2D eigenvalue weighted by Gasteiger charge is -2.17. The van der Waals surface area contributed by atoms with Gasteiger partial charge in [-0.2, -0.15) is 5.26 Å². The fourth-order valence-corrected chi connectivity index (χ4v) is 3.76. The van der Waals surface area contributed by atoms with Crippen molar-refractivity contribution in [3.63, 3.8) is 0 Å². The van der Waals surface area contributed by atoms with E-state index in [4.69, 9.17) is 11.5 Å². The van der Waals surface area contributed by atoms with Crippen molar-refractivity contribution in [3.05, 3.63) is 46.0 Å². The Hall–Kier alpha value is -3.60. The molecule has 2 heterocycles. The summed E-state index contributed by atoms with van der Waals surface area (Å²) in [6.45, 7) is 3.16. The van der Waals surface area contributed by atoms with Gasteiger partial charge >= 0.3 is 0 Å². The van der Waals surface area contributed by atoms with Crippen LogP contribution in [0.25, 0.3) is 16.6 Å². The van der Waals surface area contributed by atoms with E-state index in [0.29, 0.717) is 22.2 Å². The molecule has 8 heteroatoms. The fourth-order valence-electron chi connectivity index (χ4n) is 3.76. The van der Waals surface area contributed by atoms with Crippen molar-refractivity contribution in [2.24, 2.45) is 5.73 Å². The normalized spacial score (nSPS) is 13.6. The van der Waals surface area contributed by atoms with Gasteiger partial charge in [0.1, 0.15) is 23.5 Å². The Balaban J connectivity index is 2.25. The van der Waals surface area contributed by atoms with Crippen molar-refractivity contribution in [2.45, 2.75) is 32.6 Å². The molecule has 1 fully saturated rings. The molecule has 4 rings (SSSR count). The highest BCUT2D eigenvalue weighted by atomic mass is 19.1. The first-order chi connectivity index (χ1) is 13.3. The molecule has 0 radical (unpaired) electrons. The average molecular weight is 379 g/mol. The summed E-state index contributed by atoms with van der Waals surface area (Å²) in [6.07, 6.45) is 3.33. The van der Waals surface area contributed by atoms with Crippen LogP contribution in [0.4, 0.5) is 10.2 Å². The molecule has 1 amide bonds. The smallest absolute Gasteiger partial charge is 0.253 e. The summed E-state index contributed by atoms with van der Waals surface area (Å²) in [4.78, 5) is 16.5. The van der Waals surface area contributed by atoms with Gasteiger partial charge in [0.25, 0.3) is 5.91 Å². The maximum Gasteiger partial charge on any atom is 0.253 e. The number of nitrogens with zero attached hydrogens (tertiary/aromatic N) is 3. The number of nitriles is 1. The van der Waals surface area contributed by atoms with Crippen LogP contribution in [-0.2, 0) is 0 Å². The number of benzene rings is 1. The largest absolute Gasteiger partial charge is 0.507 e. The average Bonchev–Trinajstić information content (AvgIpc) is 3.44. The number of nitrogen functional groups attached to an aromatic ring is 1. The van der Waals surface area contributed by atoms with E-state index < -0.39 is 11.7 Å². The van der Waals surface area contributed by atoms with Crippen LogP contribution in [0, 0.1) is 31.0 Å². The third kappa shape index (κ3) is 2.33. The molecule has 5 N–H and O–H groups in total. The Kier molecular flexibility index (Phi) is 3.79. The summed E-state index contributed by atoms with van der Waals surface area (Å²) in [5.41, 5.74) is 14.0. The number of carbonyl (C=O) groups is 1. The Morgan fingerprint density at radius 1 is 1.39 bits per heavy atom. The van der Waals surface area contributed by atoms with E-state index in [2.05, 4.69) is 11.1 Å². The third-order valence-corrected chi connectivity index (χ3v) is 5.33. The Labute approximate surface area is 160 Å². The minimum absolute atomic E-state index is 0.0175. The molecule has 28 heavy (non-hydrogen) atoms. The first-order valence-electron chi connectivity index (χ1n) is 8.79. The topological polar surface area (TPSA) is 131 Å². The van der Waals surface area contributed by atoms with Crippen molar-refractivity contribution in [1.82, 2.24) is 9.55 Å². The molecular formula is C20H18FN5O2. The summed E-state index contributed by atoms with van der Waals surface area (Å²) in [7, 11) is 0. The quantitative estimate of drug-likeness (QED) is 0.644. The second kappa shape index (κ2) is 5.96. The second-order valence-electron chi connectivity index (χ2n) is 7.10. The number of amides is 1. The molecule has 1 aromatic carbocycles. The number of rotatable bonds is 3. The monoisotopic (exact) mass is 379 g/mol. The summed E-state index contributed by atoms with van der Waals surface area (Å²) in [6, 6.07) is 3.19. The first-order valence-corrected chi connectivity index (χ1v) is 8.79. The van der Waals surface area contributed by atoms with Gasteiger partial charge in [-0.15, -0.1) is 0 Å². The predicted molar refractivity (Wildman–Crippen MR) is 102 cm³/mol. The van der Waals surface area contributed by atoms with Gasteiger partial charge in [-0.05, 0) is 26.7 Å². The molecule has 0 aliphatic heterocycles. The first kappa shape index (κ1) is 17.8. The zero-order valence-corrected chi connectivity index (χ0v) is 15.4. The number of phenols is 1. The lowest BCUT2D eigenvalue weighted by Crippen LogP contribution is -2.14. The van der Waals surface area contributed by atoms with Gasteiger partial charge in [-0.25, -0.2) is 4.39 Å². The van der Waals surface area contributed by atoms with Gasteiger partial charge in [0, 0.05) is 34.7 Å². The van der Waals surface area contributed by atoms with Crippen LogP contribution in [-0.4, -0.2) is 20.6 Å². The van der Waals surface area contributed by atoms with Crippen molar-refractivity contribution < 1.29 is 14.3 Å². The van der Waals surface area contributed by atoms with E-state index in [1.54, 1.807) is 13.8 Å². The van der Waals surface area contributed by atoms with E-state index in [0.717, 1.165) is 18.9 Å². The van der Waals surface area contributed by atoms with Gasteiger partial charge in [0.05, 0.1) is 28.0 Å². The van der Waals surface area contributed by atoms with Gasteiger partial charge in [-0.3, -0.25) is 14.3 Å². The maximum absolute atomic E-state index is 14.4. The standard InChI is InChI=1S/C20H18FN5O2/c1-8-13(21)5-14(27)9(2)17(8)26-18-11(6-22)16(10-3-4-10)25-7-12(18)15(19(26)23)20(24)28/h5,7,10,27H,3-4,23H2,1-2H3,(H2,24,28). The van der Waals surface area contributed by atoms with Crippen LogP contribution in [0.2, 0.25) is 0 Å². The molecule has 7 nitrogen and oxygen atoms in total. The third-order valence-electron chi connectivity index (χ3n) is 5.33. The van der Waals surface area contributed by atoms with Gasteiger partial charge in [0.15, 0.2) is 0 Å². The number of pyridine rings is 1. The fraction of sp³-hybridized carbons (Fsp3) is 0.250. The van der Waals surface area contributed by atoms with Crippen LogP contribution in [0.1, 0.15) is 51.5 Å². The number of fused-ring (bicyclic) bond motifs is 1. The van der Waals surface area contributed by atoms with Gasteiger partial charge < -0.3 is 16.6 Å². The predicted octanol–water partition coefficient (Wildman–Crippen LogP) is 2.92. The number of nitrogens with two attached hydrogens (primary N) is 2. The minimum Gasteiger partial charge on any atom is -0.507 e. The number of primary amides is 1. The number of hydrogen-bond donors (Lipinski definition) is 3. The molecule has 1 aliphatic carbocycles. The number of anilines is 1. The van der Waals surface area contributed by atoms with Crippen LogP contribution in [0.15, 0.2) is 12.3 Å². The molecule has 1 aliphatic rings. The number of aromatic hydroxyl groups is 1. The Morgan fingerprint density at radius 3 is 2.64 bits per heavy atom. The van der Waals surface area contributed by atoms with E-state index in [1.807, 2.05) is 0 Å². The van der Waals surface area contributed by atoms with Crippen molar-refractivity contribution in [3.8, 4) is 17.5 Å². The van der Waals surface area contributed by atoms with Crippen molar-refractivity contribution >= 4 is 22.6 Å². The summed E-state index contributed by atoms with van der Waals surface area (Å²) >= 11 is 0. The number of carbonyl (C=O) groups excluding carboxylic acids is 1. The van der Waals surface area contributed by atoms with Crippen LogP contribution < -0.4 is 11.5 Å². The van der Waals surface area contributed by atoms with Crippen LogP contribution >= 0.6 is 0 Å². The molecular weight excluding hydrogens is 361 g/mol. The highest BCUT2D eigenvalue weighted by Crippen LogP contribution is 2.44. The van der Waals surface area contributed by atoms with E-state index in [1.165, 1.54) is 10.8 Å². The SMILES string of the molecule is Cc1c(O)cc(F)c(C)c1-n1c(N)c(C(N)=O)c2cnc(C3CC3)c(C#N)c21.